The van der Waals surface area contributed by atoms with Crippen molar-refractivity contribution in [3.63, 3.8) is 0 Å². The Morgan fingerprint density at radius 2 is 1.95 bits per heavy atom. The van der Waals surface area contributed by atoms with Crippen LogP contribution in [-0.4, -0.2) is 41.0 Å². The lowest BCUT2D eigenvalue weighted by atomic mass is 9.96. The second kappa shape index (κ2) is 5.37. The summed E-state index contributed by atoms with van der Waals surface area (Å²) >= 11 is 0. The third-order valence-electron chi connectivity index (χ3n) is 4.55. The number of benzene rings is 1. The summed E-state index contributed by atoms with van der Waals surface area (Å²) in [7, 11) is 4.35. The average Bonchev–Trinajstić information content (AvgIpc) is 2.95. The Balaban J connectivity index is 1.76. The number of fused-ring (bicyclic) bond motifs is 1. The highest BCUT2D eigenvalue weighted by Gasteiger charge is 2.35. The first-order valence-corrected chi connectivity index (χ1v) is 7.33. The molecule has 0 aliphatic heterocycles. The van der Waals surface area contributed by atoms with Gasteiger partial charge < -0.3 is 10.2 Å². The largest absolute Gasteiger partial charge is 0.352 e. The van der Waals surface area contributed by atoms with Gasteiger partial charge in [0, 0.05) is 23.7 Å². The fourth-order valence-electron chi connectivity index (χ4n) is 3.12. The molecule has 20 heavy (non-hydrogen) atoms. The van der Waals surface area contributed by atoms with Crippen LogP contribution in [0.1, 0.15) is 25.7 Å². The molecule has 2 aromatic rings. The Morgan fingerprint density at radius 1 is 1.20 bits per heavy atom. The molecule has 3 rings (SSSR count). The average molecular weight is 270 g/mol. The van der Waals surface area contributed by atoms with Gasteiger partial charge in [-0.25, -0.2) is 9.97 Å². The lowest BCUT2D eigenvalue weighted by molar-refractivity contribution is 0.172. The van der Waals surface area contributed by atoms with Crippen LogP contribution in [0.2, 0.25) is 0 Å². The van der Waals surface area contributed by atoms with Crippen molar-refractivity contribution in [1.29, 1.82) is 0 Å². The molecule has 0 atom stereocenters. The van der Waals surface area contributed by atoms with E-state index in [1.807, 2.05) is 30.5 Å². The van der Waals surface area contributed by atoms with E-state index in [4.69, 9.17) is 0 Å². The van der Waals surface area contributed by atoms with E-state index in [-0.39, 0.29) is 5.54 Å². The van der Waals surface area contributed by atoms with Crippen molar-refractivity contribution in [1.82, 2.24) is 14.9 Å². The molecular formula is C16H22N4. The Bertz CT molecular complexity index is 588. The van der Waals surface area contributed by atoms with Gasteiger partial charge in [-0.2, -0.15) is 0 Å². The third-order valence-corrected chi connectivity index (χ3v) is 4.55. The molecular weight excluding hydrogens is 248 g/mol. The number of aromatic nitrogens is 2. The summed E-state index contributed by atoms with van der Waals surface area (Å²) in [5, 5.41) is 4.52. The first kappa shape index (κ1) is 13.3. The highest BCUT2D eigenvalue weighted by molar-refractivity contribution is 5.78. The summed E-state index contributed by atoms with van der Waals surface area (Å²) in [5.74, 6) is 0.733. The van der Waals surface area contributed by atoms with Gasteiger partial charge in [0.25, 0.3) is 0 Å². The molecule has 106 valence electrons. The van der Waals surface area contributed by atoms with Crippen LogP contribution in [0.3, 0.4) is 0 Å². The van der Waals surface area contributed by atoms with E-state index in [0.717, 1.165) is 23.4 Å². The Hall–Kier alpha value is -1.68. The van der Waals surface area contributed by atoms with Crippen molar-refractivity contribution in [2.45, 2.75) is 31.2 Å². The molecule has 0 bridgehead atoms. The maximum Gasteiger partial charge on any atom is 0.223 e. The molecule has 0 amide bonds. The molecule has 1 fully saturated rings. The van der Waals surface area contributed by atoms with Crippen LogP contribution < -0.4 is 5.32 Å². The van der Waals surface area contributed by atoms with Crippen LogP contribution in [-0.2, 0) is 0 Å². The topological polar surface area (TPSA) is 41.0 Å². The van der Waals surface area contributed by atoms with Gasteiger partial charge in [0.15, 0.2) is 0 Å². The second-order valence-electron chi connectivity index (χ2n) is 5.93. The number of nitrogens with zero attached hydrogens (tertiary/aromatic N) is 3. The van der Waals surface area contributed by atoms with E-state index >= 15 is 0 Å². The normalized spacial score (nSPS) is 17.8. The highest BCUT2D eigenvalue weighted by atomic mass is 15.2. The van der Waals surface area contributed by atoms with E-state index < -0.39 is 0 Å². The number of hydrogen-bond acceptors (Lipinski definition) is 4. The Morgan fingerprint density at radius 3 is 2.70 bits per heavy atom. The van der Waals surface area contributed by atoms with Gasteiger partial charge in [0.2, 0.25) is 5.95 Å². The molecule has 1 aromatic carbocycles. The SMILES string of the molecule is CN(C)C1(CNc2ncc3ccccc3n2)CCCC1. The standard InChI is InChI=1S/C16H22N4/c1-20(2)16(9-5-6-10-16)12-18-15-17-11-13-7-3-4-8-14(13)19-15/h3-4,7-8,11H,5-6,9-10,12H2,1-2H3,(H,17,18,19). The molecule has 1 heterocycles. The summed E-state index contributed by atoms with van der Waals surface area (Å²) in [6, 6.07) is 8.09. The maximum absolute atomic E-state index is 4.59. The fraction of sp³-hybridized carbons (Fsp3) is 0.500. The molecule has 1 aliphatic rings. The quantitative estimate of drug-likeness (QED) is 0.927. The van der Waals surface area contributed by atoms with E-state index in [0.29, 0.717) is 0 Å². The number of para-hydroxylation sites is 1. The summed E-state index contributed by atoms with van der Waals surface area (Å²) in [5.41, 5.74) is 1.25. The van der Waals surface area contributed by atoms with Gasteiger partial charge in [-0.05, 0) is 33.0 Å². The van der Waals surface area contributed by atoms with Crippen LogP contribution in [0.25, 0.3) is 10.9 Å². The minimum Gasteiger partial charge on any atom is -0.352 e. The van der Waals surface area contributed by atoms with Crippen molar-refractivity contribution in [2.75, 3.05) is 26.0 Å². The van der Waals surface area contributed by atoms with Crippen LogP contribution in [0.15, 0.2) is 30.5 Å². The summed E-state index contributed by atoms with van der Waals surface area (Å²) in [6.07, 6.45) is 7.03. The first-order valence-electron chi connectivity index (χ1n) is 7.33. The van der Waals surface area contributed by atoms with E-state index in [9.17, 15) is 0 Å². The summed E-state index contributed by atoms with van der Waals surface area (Å²) < 4.78 is 0. The van der Waals surface area contributed by atoms with Gasteiger partial charge in [-0.3, -0.25) is 0 Å². The number of anilines is 1. The minimum absolute atomic E-state index is 0.259. The molecule has 1 aromatic heterocycles. The minimum atomic E-state index is 0.259. The molecule has 1 N–H and O–H groups in total. The highest BCUT2D eigenvalue weighted by Crippen LogP contribution is 2.33. The molecule has 4 heteroatoms. The molecule has 1 aliphatic carbocycles. The van der Waals surface area contributed by atoms with Gasteiger partial charge in [-0.1, -0.05) is 31.0 Å². The number of hydrogen-bond donors (Lipinski definition) is 1. The van der Waals surface area contributed by atoms with Gasteiger partial charge in [-0.15, -0.1) is 0 Å². The van der Waals surface area contributed by atoms with Crippen molar-refractivity contribution in [2.24, 2.45) is 0 Å². The van der Waals surface area contributed by atoms with Gasteiger partial charge in [0.1, 0.15) is 0 Å². The number of rotatable bonds is 4. The zero-order valence-electron chi connectivity index (χ0n) is 12.3. The van der Waals surface area contributed by atoms with Crippen molar-refractivity contribution in [3.05, 3.63) is 30.5 Å². The third kappa shape index (κ3) is 2.48. The van der Waals surface area contributed by atoms with Crippen LogP contribution in [0.4, 0.5) is 5.95 Å². The van der Waals surface area contributed by atoms with Crippen molar-refractivity contribution >= 4 is 16.9 Å². The predicted octanol–water partition coefficient (Wildman–Crippen LogP) is 2.92. The molecule has 0 unspecified atom stereocenters. The summed E-state index contributed by atoms with van der Waals surface area (Å²) in [6.45, 7) is 0.915. The number of likely N-dealkylation sites (N-methyl/N-ethyl adjacent to an activating group) is 1. The zero-order chi connectivity index (χ0) is 14.0. The van der Waals surface area contributed by atoms with E-state index in [2.05, 4.69) is 34.3 Å². The van der Waals surface area contributed by atoms with Crippen molar-refractivity contribution < 1.29 is 0 Å². The van der Waals surface area contributed by atoms with E-state index in [1.54, 1.807) is 0 Å². The Labute approximate surface area is 120 Å². The Kier molecular flexibility index (Phi) is 3.57. The summed E-state index contributed by atoms with van der Waals surface area (Å²) in [4.78, 5) is 11.4. The zero-order valence-corrected chi connectivity index (χ0v) is 12.3. The van der Waals surface area contributed by atoms with Gasteiger partial charge in [0.05, 0.1) is 5.52 Å². The lowest BCUT2D eigenvalue weighted by Crippen LogP contribution is -2.47. The van der Waals surface area contributed by atoms with Gasteiger partial charge >= 0.3 is 0 Å². The van der Waals surface area contributed by atoms with Crippen molar-refractivity contribution in [3.8, 4) is 0 Å². The van der Waals surface area contributed by atoms with Crippen LogP contribution in [0, 0.1) is 0 Å². The maximum atomic E-state index is 4.59. The van der Waals surface area contributed by atoms with Crippen LogP contribution in [0.5, 0.6) is 0 Å². The fourth-order valence-corrected chi connectivity index (χ4v) is 3.12. The molecule has 1 saturated carbocycles. The molecule has 0 spiro atoms. The molecule has 4 nitrogen and oxygen atoms in total. The predicted molar refractivity (Wildman–Crippen MR) is 82.9 cm³/mol. The monoisotopic (exact) mass is 270 g/mol. The lowest BCUT2D eigenvalue weighted by Gasteiger charge is -2.36. The first-order chi connectivity index (χ1) is 9.70. The molecule has 0 radical (unpaired) electrons. The number of nitrogens with one attached hydrogen (secondary N) is 1. The smallest absolute Gasteiger partial charge is 0.223 e. The van der Waals surface area contributed by atoms with Crippen LogP contribution >= 0.6 is 0 Å². The van der Waals surface area contributed by atoms with E-state index in [1.165, 1.54) is 25.7 Å². The molecule has 0 saturated heterocycles. The second-order valence-corrected chi connectivity index (χ2v) is 5.93.